The Morgan fingerprint density at radius 3 is 2.94 bits per heavy atom. The van der Waals surface area contributed by atoms with Crippen molar-refractivity contribution < 1.29 is 4.79 Å². The highest BCUT2D eigenvalue weighted by Gasteiger charge is 2.16. The average Bonchev–Trinajstić information content (AvgIpc) is 2.92. The SMILES string of the molecule is Cn1cc(-n2nc(C(N)=O)c3cccnc32)cn1. The van der Waals surface area contributed by atoms with Crippen LogP contribution in [-0.4, -0.2) is 30.5 Å². The molecule has 0 saturated carbocycles. The predicted octanol–water partition coefficient (Wildman–Crippen LogP) is 0.253. The largest absolute Gasteiger partial charge is 0.364 e. The van der Waals surface area contributed by atoms with Crippen molar-refractivity contribution in [3.8, 4) is 5.69 Å². The fourth-order valence-corrected chi connectivity index (χ4v) is 1.83. The Kier molecular flexibility index (Phi) is 2.12. The highest BCUT2D eigenvalue weighted by Crippen LogP contribution is 2.19. The number of nitrogens with zero attached hydrogens (tertiary/aromatic N) is 5. The summed E-state index contributed by atoms with van der Waals surface area (Å²) in [6.07, 6.45) is 5.07. The van der Waals surface area contributed by atoms with Gasteiger partial charge in [-0.1, -0.05) is 0 Å². The molecule has 0 unspecified atom stereocenters. The van der Waals surface area contributed by atoms with Crippen LogP contribution in [0.2, 0.25) is 0 Å². The van der Waals surface area contributed by atoms with Crippen LogP contribution in [-0.2, 0) is 7.05 Å². The van der Waals surface area contributed by atoms with Crippen LogP contribution in [0.25, 0.3) is 16.7 Å². The molecule has 2 N–H and O–H groups in total. The molecule has 3 heterocycles. The van der Waals surface area contributed by atoms with Gasteiger partial charge in [0.15, 0.2) is 11.3 Å². The molecule has 7 heteroatoms. The second kappa shape index (κ2) is 3.66. The van der Waals surface area contributed by atoms with E-state index in [1.807, 2.05) is 0 Å². The molecule has 0 aliphatic rings. The van der Waals surface area contributed by atoms with Crippen LogP contribution in [0.5, 0.6) is 0 Å². The van der Waals surface area contributed by atoms with Crippen LogP contribution >= 0.6 is 0 Å². The molecule has 0 radical (unpaired) electrons. The molecule has 0 atom stereocenters. The Bertz CT molecular complexity index is 741. The Balaban J connectivity index is 2.33. The molecule has 3 aromatic heterocycles. The standard InChI is InChI=1S/C11H10N6O/c1-16-6-7(5-14-16)17-11-8(3-2-4-13-11)9(15-17)10(12)18/h2-6H,1H3,(H2,12,18). The molecule has 0 fully saturated rings. The first-order valence-electron chi connectivity index (χ1n) is 5.29. The van der Waals surface area contributed by atoms with Gasteiger partial charge in [0.2, 0.25) is 0 Å². The summed E-state index contributed by atoms with van der Waals surface area (Å²) in [6, 6.07) is 3.51. The molecule has 0 aromatic carbocycles. The number of carbonyl (C=O) groups is 1. The van der Waals surface area contributed by atoms with E-state index >= 15 is 0 Å². The maximum absolute atomic E-state index is 11.4. The van der Waals surface area contributed by atoms with Gasteiger partial charge in [-0.25, -0.2) is 9.67 Å². The normalized spacial score (nSPS) is 10.9. The number of carbonyl (C=O) groups excluding carboxylic acids is 1. The number of primary amides is 1. The quantitative estimate of drug-likeness (QED) is 0.697. The molecule has 0 spiro atoms. The lowest BCUT2D eigenvalue weighted by atomic mass is 10.2. The molecule has 18 heavy (non-hydrogen) atoms. The minimum Gasteiger partial charge on any atom is -0.364 e. The summed E-state index contributed by atoms with van der Waals surface area (Å²) >= 11 is 0. The van der Waals surface area contributed by atoms with Gasteiger partial charge in [-0.15, -0.1) is 0 Å². The van der Waals surface area contributed by atoms with Crippen LogP contribution in [0.15, 0.2) is 30.7 Å². The van der Waals surface area contributed by atoms with E-state index in [0.717, 1.165) is 5.69 Å². The number of hydrogen-bond acceptors (Lipinski definition) is 4. The van der Waals surface area contributed by atoms with Gasteiger partial charge in [0.25, 0.3) is 5.91 Å². The predicted molar refractivity (Wildman–Crippen MR) is 64.1 cm³/mol. The summed E-state index contributed by atoms with van der Waals surface area (Å²) < 4.78 is 3.21. The smallest absolute Gasteiger partial charge is 0.269 e. The summed E-state index contributed by atoms with van der Waals surface area (Å²) in [5, 5.41) is 8.90. The molecular weight excluding hydrogens is 232 g/mol. The lowest BCUT2D eigenvalue weighted by molar-refractivity contribution is 0.0996. The number of amides is 1. The summed E-state index contributed by atoms with van der Waals surface area (Å²) in [4.78, 5) is 15.6. The topological polar surface area (TPSA) is 91.6 Å². The van der Waals surface area contributed by atoms with Gasteiger partial charge in [-0.2, -0.15) is 10.2 Å². The average molecular weight is 242 g/mol. The molecule has 0 aliphatic carbocycles. The zero-order chi connectivity index (χ0) is 12.7. The van der Waals surface area contributed by atoms with Crippen LogP contribution < -0.4 is 5.73 Å². The number of nitrogens with two attached hydrogens (primary N) is 1. The lowest BCUT2D eigenvalue weighted by Gasteiger charge is -1.96. The summed E-state index contributed by atoms with van der Waals surface area (Å²) in [5.41, 5.74) is 6.84. The number of aryl methyl sites for hydroxylation is 1. The highest BCUT2D eigenvalue weighted by molar-refractivity contribution is 6.03. The molecule has 0 aliphatic heterocycles. The minimum atomic E-state index is -0.573. The van der Waals surface area contributed by atoms with Crippen molar-refractivity contribution in [3.63, 3.8) is 0 Å². The van der Waals surface area contributed by atoms with Gasteiger partial charge in [0.1, 0.15) is 5.69 Å². The maximum Gasteiger partial charge on any atom is 0.269 e. The van der Waals surface area contributed by atoms with Crippen molar-refractivity contribution in [2.45, 2.75) is 0 Å². The second-order valence-corrected chi connectivity index (χ2v) is 3.87. The fraction of sp³-hybridized carbons (Fsp3) is 0.0909. The number of rotatable bonds is 2. The number of hydrogen-bond donors (Lipinski definition) is 1. The van der Waals surface area contributed by atoms with Gasteiger partial charge >= 0.3 is 0 Å². The monoisotopic (exact) mass is 242 g/mol. The Morgan fingerprint density at radius 1 is 1.44 bits per heavy atom. The first-order chi connectivity index (χ1) is 8.66. The third kappa shape index (κ3) is 1.45. The van der Waals surface area contributed by atoms with Crippen LogP contribution in [0, 0.1) is 0 Å². The Labute approximate surface area is 102 Å². The minimum absolute atomic E-state index is 0.210. The van der Waals surface area contributed by atoms with Crippen molar-refractivity contribution in [1.82, 2.24) is 24.5 Å². The highest BCUT2D eigenvalue weighted by atomic mass is 16.1. The molecule has 7 nitrogen and oxygen atoms in total. The second-order valence-electron chi connectivity index (χ2n) is 3.87. The van der Waals surface area contributed by atoms with Crippen molar-refractivity contribution >= 4 is 16.9 Å². The summed E-state index contributed by atoms with van der Waals surface area (Å²) in [6.45, 7) is 0. The van der Waals surface area contributed by atoms with E-state index in [4.69, 9.17) is 5.73 Å². The van der Waals surface area contributed by atoms with E-state index in [9.17, 15) is 4.79 Å². The third-order valence-corrected chi connectivity index (χ3v) is 2.61. The van der Waals surface area contributed by atoms with Gasteiger partial charge in [0.05, 0.1) is 17.8 Å². The van der Waals surface area contributed by atoms with Crippen molar-refractivity contribution in [1.29, 1.82) is 0 Å². The lowest BCUT2D eigenvalue weighted by Crippen LogP contribution is -2.12. The Morgan fingerprint density at radius 2 is 2.28 bits per heavy atom. The number of aromatic nitrogens is 5. The number of pyridine rings is 1. The van der Waals surface area contributed by atoms with Crippen LogP contribution in [0.1, 0.15) is 10.5 Å². The van der Waals surface area contributed by atoms with Gasteiger partial charge in [0, 0.05) is 13.2 Å². The van der Waals surface area contributed by atoms with Gasteiger partial charge in [-0.3, -0.25) is 9.48 Å². The molecule has 3 aromatic rings. The Hall–Kier alpha value is -2.70. The summed E-state index contributed by atoms with van der Waals surface area (Å²) in [7, 11) is 1.80. The first kappa shape index (κ1) is 10.5. The van der Waals surface area contributed by atoms with E-state index in [-0.39, 0.29) is 5.69 Å². The van der Waals surface area contributed by atoms with E-state index in [1.54, 1.807) is 47.1 Å². The van der Waals surface area contributed by atoms with Crippen molar-refractivity contribution in [2.75, 3.05) is 0 Å². The van der Waals surface area contributed by atoms with Gasteiger partial charge in [-0.05, 0) is 12.1 Å². The van der Waals surface area contributed by atoms with Crippen LogP contribution in [0.3, 0.4) is 0 Å². The van der Waals surface area contributed by atoms with Gasteiger partial charge < -0.3 is 5.73 Å². The van der Waals surface area contributed by atoms with Crippen LogP contribution in [0.4, 0.5) is 0 Å². The van der Waals surface area contributed by atoms with Crippen molar-refractivity contribution in [3.05, 3.63) is 36.4 Å². The molecule has 90 valence electrons. The zero-order valence-corrected chi connectivity index (χ0v) is 9.61. The summed E-state index contributed by atoms with van der Waals surface area (Å²) in [5.74, 6) is -0.573. The van der Waals surface area contributed by atoms with Crippen molar-refractivity contribution in [2.24, 2.45) is 12.8 Å². The molecule has 1 amide bonds. The van der Waals surface area contributed by atoms with E-state index in [2.05, 4.69) is 15.2 Å². The fourth-order valence-electron chi connectivity index (χ4n) is 1.83. The number of fused-ring (bicyclic) bond motifs is 1. The molecule has 0 bridgehead atoms. The molecular formula is C11H10N6O. The van der Waals surface area contributed by atoms with E-state index < -0.39 is 5.91 Å². The molecule has 3 rings (SSSR count). The third-order valence-electron chi connectivity index (χ3n) is 2.61. The molecule has 0 saturated heterocycles. The van der Waals surface area contributed by atoms with E-state index in [1.165, 1.54) is 0 Å². The maximum atomic E-state index is 11.4. The zero-order valence-electron chi connectivity index (χ0n) is 9.61. The van der Waals surface area contributed by atoms with E-state index in [0.29, 0.717) is 11.0 Å². The first-order valence-corrected chi connectivity index (χ1v) is 5.29.